The normalized spacial score (nSPS) is 23.1. The number of anilines is 3. The van der Waals surface area contributed by atoms with Gasteiger partial charge in [0.1, 0.15) is 0 Å². The molecule has 0 unspecified atom stereocenters. The van der Waals surface area contributed by atoms with Gasteiger partial charge >= 0.3 is 0 Å². The van der Waals surface area contributed by atoms with Crippen LogP contribution < -0.4 is 21.3 Å². The molecule has 22 heavy (non-hydrogen) atoms. The smallest absolute Gasteiger partial charge is 0.245 e. The number of hydrogen-bond donors (Lipinski definition) is 3. The van der Waals surface area contributed by atoms with E-state index < -0.39 is 11.8 Å². The lowest BCUT2D eigenvalue weighted by molar-refractivity contribution is 0.0687. The summed E-state index contributed by atoms with van der Waals surface area (Å²) in [5.41, 5.74) is 4.79. The number of hydrogen-bond acceptors (Lipinski definition) is 7. The maximum atomic E-state index is 12.9. The molecule has 122 valence electrons. The molecule has 0 amide bonds. The topological polar surface area (TPSA) is 92.0 Å². The van der Waals surface area contributed by atoms with Gasteiger partial charge in [0.05, 0.1) is 0 Å². The number of nitrogen functional groups attached to an aromatic ring is 1. The molecule has 0 spiro atoms. The van der Waals surface area contributed by atoms with Crippen molar-refractivity contribution in [2.24, 2.45) is 5.41 Å². The monoisotopic (exact) mass is 313 g/mol. The van der Waals surface area contributed by atoms with Gasteiger partial charge in [-0.25, -0.2) is 8.78 Å². The zero-order chi connectivity index (χ0) is 15.7. The lowest BCUT2D eigenvalue weighted by Crippen LogP contribution is -2.31. The minimum Gasteiger partial charge on any atom is -0.368 e. The number of alkyl halides is 2. The zero-order valence-corrected chi connectivity index (χ0v) is 12.5. The Bertz CT molecular complexity index is 535. The van der Waals surface area contributed by atoms with Gasteiger partial charge in [0, 0.05) is 31.1 Å². The van der Waals surface area contributed by atoms with Gasteiger partial charge in [0.25, 0.3) is 0 Å². The van der Waals surface area contributed by atoms with E-state index in [2.05, 4.69) is 25.6 Å². The Labute approximate surface area is 127 Å². The van der Waals surface area contributed by atoms with Gasteiger partial charge in [-0.1, -0.05) is 0 Å². The van der Waals surface area contributed by atoms with Crippen LogP contribution in [-0.4, -0.2) is 54.1 Å². The molecule has 2 heterocycles. The summed E-state index contributed by atoms with van der Waals surface area (Å²) in [7, 11) is 1.92. The summed E-state index contributed by atoms with van der Waals surface area (Å²) in [6, 6.07) is 0.392. The van der Waals surface area contributed by atoms with Crippen LogP contribution in [0.1, 0.15) is 19.3 Å². The third-order valence-electron chi connectivity index (χ3n) is 4.47. The zero-order valence-electron chi connectivity index (χ0n) is 12.5. The first kappa shape index (κ1) is 15.1. The van der Waals surface area contributed by atoms with Crippen LogP contribution in [0.15, 0.2) is 0 Å². The molecular weight excluding hydrogens is 292 g/mol. The highest BCUT2D eigenvalue weighted by Crippen LogP contribution is 2.50. The van der Waals surface area contributed by atoms with Crippen molar-refractivity contribution in [2.75, 3.05) is 42.6 Å². The standard InChI is InChI=1S/C13H21F2N7/c1-17-8-2-5-22(6-8)12-20-10(16)19-11(21-12)18-7-13(3-4-13)9(14)15/h8-9,17H,2-7H2,1H3,(H3,16,18,19,20,21)/t8-/m1/s1. The maximum Gasteiger partial charge on any atom is 0.245 e. The van der Waals surface area contributed by atoms with E-state index in [9.17, 15) is 8.78 Å². The number of nitrogens with one attached hydrogen (secondary N) is 2. The molecule has 9 heteroatoms. The molecule has 1 saturated heterocycles. The van der Waals surface area contributed by atoms with Crippen LogP contribution >= 0.6 is 0 Å². The fraction of sp³-hybridized carbons (Fsp3) is 0.769. The van der Waals surface area contributed by atoms with Gasteiger partial charge in [0.15, 0.2) is 0 Å². The van der Waals surface area contributed by atoms with Crippen molar-refractivity contribution >= 4 is 17.8 Å². The second-order valence-corrected chi connectivity index (χ2v) is 6.05. The van der Waals surface area contributed by atoms with Gasteiger partial charge < -0.3 is 21.3 Å². The molecule has 3 rings (SSSR count). The Kier molecular flexibility index (Phi) is 3.98. The number of halogens is 2. The molecule has 7 nitrogen and oxygen atoms in total. The fourth-order valence-electron chi connectivity index (χ4n) is 2.67. The number of nitrogens with two attached hydrogens (primary N) is 1. The molecule has 2 aliphatic rings. The van der Waals surface area contributed by atoms with E-state index in [1.54, 1.807) is 0 Å². The SMILES string of the molecule is CN[C@@H]1CCN(c2nc(N)nc(NCC3(C(F)F)CC3)n2)C1. The highest BCUT2D eigenvalue weighted by atomic mass is 19.3. The van der Waals surface area contributed by atoms with E-state index in [1.165, 1.54) is 0 Å². The number of likely N-dealkylation sites (N-methyl/N-ethyl adjacent to an activating group) is 1. The van der Waals surface area contributed by atoms with Gasteiger partial charge in [-0.15, -0.1) is 0 Å². The lowest BCUT2D eigenvalue weighted by atomic mass is 10.1. The van der Waals surface area contributed by atoms with Crippen molar-refractivity contribution in [1.29, 1.82) is 0 Å². The molecule has 0 radical (unpaired) electrons. The molecule has 1 aromatic heterocycles. The molecule has 0 bridgehead atoms. The maximum absolute atomic E-state index is 12.9. The van der Waals surface area contributed by atoms with Crippen molar-refractivity contribution in [3.05, 3.63) is 0 Å². The highest BCUT2D eigenvalue weighted by molar-refractivity contribution is 5.43. The molecule has 1 atom stereocenters. The first-order chi connectivity index (χ1) is 10.5. The van der Waals surface area contributed by atoms with Gasteiger partial charge in [-0.2, -0.15) is 15.0 Å². The Morgan fingerprint density at radius 2 is 2.14 bits per heavy atom. The summed E-state index contributed by atoms with van der Waals surface area (Å²) < 4.78 is 25.9. The summed E-state index contributed by atoms with van der Waals surface area (Å²) in [5, 5.41) is 6.11. The minimum absolute atomic E-state index is 0.0994. The van der Waals surface area contributed by atoms with Crippen molar-refractivity contribution in [1.82, 2.24) is 20.3 Å². The van der Waals surface area contributed by atoms with Crippen LogP contribution in [0.3, 0.4) is 0 Å². The summed E-state index contributed by atoms with van der Waals surface area (Å²) in [6.45, 7) is 1.78. The first-order valence-electron chi connectivity index (χ1n) is 7.48. The van der Waals surface area contributed by atoms with Gasteiger partial charge in [0.2, 0.25) is 24.3 Å². The molecular formula is C13H21F2N7. The molecule has 1 saturated carbocycles. The summed E-state index contributed by atoms with van der Waals surface area (Å²) in [4.78, 5) is 14.5. The lowest BCUT2D eigenvalue weighted by Gasteiger charge is -2.18. The van der Waals surface area contributed by atoms with Crippen LogP contribution in [0.25, 0.3) is 0 Å². The van der Waals surface area contributed by atoms with E-state index in [0.29, 0.717) is 24.8 Å². The van der Waals surface area contributed by atoms with Crippen LogP contribution in [0.5, 0.6) is 0 Å². The second-order valence-electron chi connectivity index (χ2n) is 6.05. The van der Waals surface area contributed by atoms with Crippen molar-refractivity contribution < 1.29 is 8.78 Å². The molecule has 2 fully saturated rings. The van der Waals surface area contributed by atoms with E-state index in [1.807, 2.05) is 11.9 Å². The van der Waals surface area contributed by atoms with Gasteiger partial charge in [-0.05, 0) is 26.3 Å². The molecule has 1 aliphatic carbocycles. The predicted molar refractivity (Wildman–Crippen MR) is 80.1 cm³/mol. The number of rotatable bonds is 6. The van der Waals surface area contributed by atoms with Crippen molar-refractivity contribution in [3.8, 4) is 0 Å². The Hall–Kier alpha value is -1.77. The Balaban J connectivity index is 1.68. The highest BCUT2D eigenvalue weighted by Gasteiger charge is 2.50. The third-order valence-corrected chi connectivity index (χ3v) is 4.47. The van der Waals surface area contributed by atoms with E-state index in [0.717, 1.165) is 19.5 Å². The largest absolute Gasteiger partial charge is 0.368 e. The molecule has 0 aromatic carbocycles. The Morgan fingerprint density at radius 3 is 2.73 bits per heavy atom. The summed E-state index contributed by atoms with van der Waals surface area (Å²) in [6.07, 6.45) is -0.268. The second kappa shape index (κ2) is 5.79. The third kappa shape index (κ3) is 3.03. The first-order valence-corrected chi connectivity index (χ1v) is 7.48. The average Bonchev–Trinajstić information content (AvgIpc) is 3.14. The fourth-order valence-corrected chi connectivity index (χ4v) is 2.67. The molecule has 1 aliphatic heterocycles. The van der Waals surface area contributed by atoms with Crippen LogP contribution in [0.4, 0.5) is 26.6 Å². The average molecular weight is 313 g/mol. The van der Waals surface area contributed by atoms with Crippen LogP contribution in [0.2, 0.25) is 0 Å². The van der Waals surface area contributed by atoms with Crippen LogP contribution in [-0.2, 0) is 0 Å². The number of nitrogens with zero attached hydrogens (tertiary/aromatic N) is 4. The van der Waals surface area contributed by atoms with Crippen LogP contribution in [0, 0.1) is 5.41 Å². The Morgan fingerprint density at radius 1 is 1.36 bits per heavy atom. The quantitative estimate of drug-likeness (QED) is 0.712. The predicted octanol–water partition coefficient (Wildman–Crippen LogP) is 0.709. The van der Waals surface area contributed by atoms with E-state index in [-0.39, 0.29) is 18.4 Å². The van der Waals surface area contributed by atoms with E-state index >= 15 is 0 Å². The molecule has 1 aromatic rings. The number of aromatic nitrogens is 3. The van der Waals surface area contributed by atoms with Crippen molar-refractivity contribution in [3.63, 3.8) is 0 Å². The minimum atomic E-state index is -2.33. The van der Waals surface area contributed by atoms with E-state index in [4.69, 9.17) is 5.73 Å². The van der Waals surface area contributed by atoms with Gasteiger partial charge in [-0.3, -0.25) is 0 Å². The van der Waals surface area contributed by atoms with Crippen molar-refractivity contribution in [2.45, 2.75) is 31.7 Å². The summed E-state index contributed by atoms with van der Waals surface area (Å²) in [5.74, 6) is 0.860. The summed E-state index contributed by atoms with van der Waals surface area (Å²) >= 11 is 0. The molecule has 4 N–H and O–H groups in total.